The van der Waals surface area contributed by atoms with Crippen LogP contribution in [0.2, 0.25) is 0 Å². The van der Waals surface area contributed by atoms with Crippen molar-refractivity contribution in [1.29, 1.82) is 0 Å². The van der Waals surface area contributed by atoms with E-state index in [1.165, 1.54) is 43.4 Å². The van der Waals surface area contributed by atoms with Crippen LogP contribution in [-0.2, 0) is 0 Å². The van der Waals surface area contributed by atoms with Crippen molar-refractivity contribution in [3.05, 3.63) is 65.7 Å². The summed E-state index contributed by atoms with van der Waals surface area (Å²) in [5.74, 6) is 2.26. The van der Waals surface area contributed by atoms with E-state index in [2.05, 4.69) is 17.2 Å². The summed E-state index contributed by atoms with van der Waals surface area (Å²) in [5.41, 5.74) is 2.22. The molecular formula is C21H24FN3. The van der Waals surface area contributed by atoms with Gasteiger partial charge in [0.05, 0.1) is 6.04 Å². The number of benzene rings is 1. The van der Waals surface area contributed by atoms with Crippen LogP contribution in [0.5, 0.6) is 0 Å². The van der Waals surface area contributed by atoms with Crippen molar-refractivity contribution in [3.8, 4) is 0 Å². The summed E-state index contributed by atoms with van der Waals surface area (Å²) < 4.78 is 13.3. The molecule has 1 fully saturated rings. The third-order valence-electron chi connectivity index (χ3n) is 5.58. The lowest BCUT2D eigenvalue weighted by atomic mass is 9.82. The summed E-state index contributed by atoms with van der Waals surface area (Å²) in [6, 6.07) is 10.9. The first-order valence-corrected chi connectivity index (χ1v) is 9.20. The van der Waals surface area contributed by atoms with Crippen LogP contribution in [0.4, 0.5) is 4.39 Å². The van der Waals surface area contributed by atoms with Crippen LogP contribution in [0.15, 0.2) is 53.8 Å². The number of halogens is 1. The van der Waals surface area contributed by atoms with Crippen molar-refractivity contribution in [2.45, 2.75) is 44.7 Å². The number of nitrogens with zero attached hydrogens (tertiary/aromatic N) is 2. The maximum absolute atomic E-state index is 13.3. The summed E-state index contributed by atoms with van der Waals surface area (Å²) in [6.45, 7) is 2.33. The Labute approximate surface area is 148 Å². The van der Waals surface area contributed by atoms with Gasteiger partial charge in [0.1, 0.15) is 17.7 Å². The molecule has 1 saturated carbocycles. The second kappa shape index (κ2) is 6.95. The lowest BCUT2D eigenvalue weighted by molar-refractivity contribution is 0.340. The molecule has 0 amide bonds. The van der Waals surface area contributed by atoms with Gasteiger partial charge in [-0.05, 0) is 54.2 Å². The molecular weight excluding hydrogens is 313 g/mol. The highest BCUT2D eigenvalue weighted by Gasteiger charge is 2.35. The van der Waals surface area contributed by atoms with Crippen LogP contribution in [0.3, 0.4) is 0 Å². The highest BCUT2D eigenvalue weighted by Crippen LogP contribution is 2.39. The molecule has 2 heterocycles. The molecule has 0 saturated heterocycles. The van der Waals surface area contributed by atoms with E-state index >= 15 is 0 Å². The number of aromatic nitrogens is 1. The highest BCUT2D eigenvalue weighted by atomic mass is 19.1. The quantitative estimate of drug-likeness (QED) is 0.871. The maximum Gasteiger partial charge on any atom is 0.123 e. The molecule has 1 aliphatic heterocycles. The molecule has 2 aromatic rings. The highest BCUT2D eigenvalue weighted by molar-refractivity contribution is 5.87. The number of hydrogen-bond acceptors (Lipinski definition) is 3. The predicted molar refractivity (Wildman–Crippen MR) is 97.8 cm³/mol. The first-order chi connectivity index (χ1) is 12.2. The summed E-state index contributed by atoms with van der Waals surface area (Å²) in [4.78, 5) is 9.19. The van der Waals surface area contributed by atoms with Crippen molar-refractivity contribution in [2.75, 3.05) is 0 Å². The average molecular weight is 337 g/mol. The predicted octanol–water partition coefficient (Wildman–Crippen LogP) is 4.83. The number of pyridine rings is 1. The lowest BCUT2D eigenvalue weighted by Gasteiger charge is -2.27. The Morgan fingerprint density at radius 3 is 2.28 bits per heavy atom. The van der Waals surface area contributed by atoms with Crippen LogP contribution >= 0.6 is 0 Å². The van der Waals surface area contributed by atoms with Crippen LogP contribution in [0.1, 0.15) is 55.8 Å². The van der Waals surface area contributed by atoms with Gasteiger partial charge in [0, 0.05) is 18.3 Å². The largest absolute Gasteiger partial charge is 0.364 e. The van der Waals surface area contributed by atoms with Gasteiger partial charge in [0.2, 0.25) is 0 Å². The SMILES string of the molecule is CC1CCC(C2=NC(c3ccc(F)cc3)C(c3ccncc3)N2)CC1. The number of hydrogen-bond donors (Lipinski definition) is 1. The Morgan fingerprint density at radius 2 is 1.60 bits per heavy atom. The molecule has 0 radical (unpaired) electrons. The van der Waals surface area contributed by atoms with Gasteiger partial charge in [-0.1, -0.05) is 31.9 Å². The number of amidine groups is 1. The van der Waals surface area contributed by atoms with E-state index in [9.17, 15) is 4.39 Å². The monoisotopic (exact) mass is 337 g/mol. The molecule has 1 N–H and O–H groups in total. The molecule has 3 nitrogen and oxygen atoms in total. The summed E-state index contributed by atoms with van der Waals surface area (Å²) >= 11 is 0. The number of aliphatic imine (C=N–C) groups is 1. The van der Waals surface area contributed by atoms with Gasteiger partial charge in [-0.2, -0.15) is 0 Å². The smallest absolute Gasteiger partial charge is 0.123 e. The Balaban J connectivity index is 1.64. The summed E-state index contributed by atoms with van der Waals surface area (Å²) in [6.07, 6.45) is 8.58. The third kappa shape index (κ3) is 3.44. The average Bonchev–Trinajstić information content (AvgIpc) is 3.09. The Hall–Kier alpha value is -2.23. The van der Waals surface area contributed by atoms with E-state index in [1.54, 1.807) is 0 Å². The molecule has 0 spiro atoms. The maximum atomic E-state index is 13.3. The Morgan fingerprint density at radius 1 is 0.920 bits per heavy atom. The summed E-state index contributed by atoms with van der Waals surface area (Å²) in [5, 5.41) is 3.68. The van der Waals surface area contributed by atoms with Crippen molar-refractivity contribution in [3.63, 3.8) is 0 Å². The fraction of sp³-hybridized carbons (Fsp3) is 0.429. The molecule has 1 aromatic carbocycles. The molecule has 0 bridgehead atoms. The molecule has 2 aliphatic rings. The first kappa shape index (κ1) is 16.2. The van der Waals surface area contributed by atoms with Crippen LogP contribution < -0.4 is 5.32 Å². The van der Waals surface area contributed by atoms with Gasteiger partial charge in [0.15, 0.2) is 0 Å². The molecule has 2 atom stereocenters. The van der Waals surface area contributed by atoms with Gasteiger partial charge in [-0.25, -0.2) is 4.39 Å². The molecule has 1 aromatic heterocycles. The lowest BCUT2D eigenvalue weighted by Crippen LogP contribution is -2.32. The molecule has 2 unspecified atom stereocenters. The zero-order chi connectivity index (χ0) is 17.2. The van der Waals surface area contributed by atoms with Crippen LogP contribution in [0, 0.1) is 17.7 Å². The van der Waals surface area contributed by atoms with Gasteiger partial charge < -0.3 is 5.32 Å². The standard InChI is InChI=1S/C21H24FN3/c1-14-2-4-17(5-3-14)21-24-19(15-6-8-18(22)9-7-15)20(25-21)16-10-12-23-13-11-16/h6-14,17,19-20H,2-5H2,1H3,(H,24,25). The minimum absolute atomic E-state index is 0.0163. The van der Waals surface area contributed by atoms with E-state index in [1.807, 2.05) is 36.7 Å². The fourth-order valence-corrected chi connectivity index (χ4v) is 4.02. The van der Waals surface area contributed by atoms with E-state index in [0.29, 0.717) is 5.92 Å². The van der Waals surface area contributed by atoms with Gasteiger partial charge in [-0.15, -0.1) is 0 Å². The molecule has 25 heavy (non-hydrogen) atoms. The minimum atomic E-state index is -0.208. The summed E-state index contributed by atoms with van der Waals surface area (Å²) in [7, 11) is 0. The fourth-order valence-electron chi connectivity index (χ4n) is 4.02. The number of rotatable bonds is 3. The van der Waals surface area contributed by atoms with E-state index < -0.39 is 0 Å². The molecule has 4 heteroatoms. The topological polar surface area (TPSA) is 37.3 Å². The molecule has 1 aliphatic carbocycles. The van der Waals surface area contributed by atoms with Gasteiger partial charge in [0.25, 0.3) is 0 Å². The van der Waals surface area contributed by atoms with Crippen LogP contribution in [0.25, 0.3) is 0 Å². The molecule has 130 valence electrons. The van der Waals surface area contributed by atoms with E-state index in [4.69, 9.17) is 4.99 Å². The second-order valence-electron chi connectivity index (χ2n) is 7.37. The zero-order valence-corrected chi connectivity index (χ0v) is 14.5. The van der Waals surface area contributed by atoms with Crippen molar-refractivity contribution < 1.29 is 4.39 Å². The first-order valence-electron chi connectivity index (χ1n) is 9.20. The van der Waals surface area contributed by atoms with E-state index in [0.717, 1.165) is 17.3 Å². The Kier molecular flexibility index (Phi) is 4.51. The third-order valence-corrected chi connectivity index (χ3v) is 5.58. The normalized spacial score (nSPS) is 29.1. The molecule has 4 rings (SSSR count). The number of nitrogens with one attached hydrogen (secondary N) is 1. The van der Waals surface area contributed by atoms with Gasteiger partial charge >= 0.3 is 0 Å². The van der Waals surface area contributed by atoms with Gasteiger partial charge in [-0.3, -0.25) is 9.98 Å². The van der Waals surface area contributed by atoms with Crippen LogP contribution in [-0.4, -0.2) is 10.8 Å². The van der Waals surface area contributed by atoms with Crippen molar-refractivity contribution in [1.82, 2.24) is 10.3 Å². The minimum Gasteiger partial charge on any atom is -0.364 e. The van der Waals surface area contributed by atoms with Crippen molar-refractivity contribution in [2.24, 2.45) is 16.8 Å². The van der Waals surface area contributed by atoms with E-state index in [-0.39, 0.29) is 17.9 Å². The second-order valence-corrected chi connectivity index (χ2v) is 7.37. The van der Waals surface area contributed by atoms with Crippen molar-refractivity contribution >= 4 is 5.84 Å². The Bertz CT molecular complexity index is 733. The zero-order valence-electron chi connectivity index (χ0n) is 14.5.